The van der Waals surface area contributed by atoms with Gasteiger partial charge in [-0.1, -0.05) is 78.9 Å². The first-order valence-electron chi connectivity index (χ1n) is 9.11. The zero-order valence-corrected chi connectivity index (χ0v) is 18.2. The summed E-state index contributed by atoms with van der Waals surface area (Å²) >= 11 is 0. The lowest BCUT2D eigenvalue weighted by Gasteiger charge is -2.27. The van der Waals surface area contributed by atoms with Gasteiger partial charge in [-0.25, -0.2) is 0 Å². The molecule has 0 aliphatic heterocycles. The normalized spacial score (nSPS) is 11.5. The summed E-state index contributed by atoms with van der Waals surface area (Å²) in [4.78, 5) is 0. The van der Waals surface area contributed by atoms with E-state index in [0.29, 0.717) is 0 Å². The van der Waals surface area contributed by atoms with Crippen molar-refractivity contribution in [1.82, 2.24) is 0 Å². The summed E-state index contributed by atoms with van der Waals surface area (Å²) in [7, 11) is -1.70. The average Bonchev–Trinajstić information content (AvgIpc) is 2.73. The van der Waals surface area contributed by atoms with Crippen LogP contribution in [0.2, 0.25) is 0 Å². The maximum atomic E-state index is 3.89. The van der Waals surface area contributed by atoms with Gasteiger partial charge in [0.2, 0.25) is 0 Å². The lowest BCUT2D eigenvalue weighted by molar-refractivity contribution is -0.00000513. The van der Waals surface area contributed by atoms with Crippen molar-refractivity contribution in [2.45, 2.75) is 13.3 Å². The molecule has 0 nitrogen and oxygen atoms in total. The SMILES string of the molecule is C=CC(C)=CCC[P+](c1ccccc1)(c1ccccc1)c1ccccc1.[Br-]. The molecule has 0 saturated heterocycles. The fraction of sp³-hybridized carbons (Fsp3) is 0.120. The van der Waals surface area contributed by atoms with Gasteiger partial charge in [-0.3, -0.25) is 0 Å². The molecule has 138 valence electrons. The fourth-order valence-electron chi connectivity index (χ4n) is 3.45. The number of halogens is 1. The molecule has 0 aliphatic rings. The predicted molar refractivity (Wildman–Crippen MR) is 119 cm³/mol. The summed E-state index contributed by atoms with van der Waals surface area (Å²) in [6.45, 7) is 6.02. The van der Waals surface area contributed by atoms with Gasteiger partial charge < -0.3 is 17.0 Å². The van der Waals surface area contributed by atoms with Crippen LogP contribution in [0.5, 0.6) is 0 Å². The molecule has 0 radical (unpaired) electrons. The zero-order valence-electron chi connectivity index (χ0n) is 15.8. The molecule has 0 spiro atoms. The van der Waals surface area contributed by atoms with Crippen LogP contribution >= 0.6 is 7.26 Å². The van der Waals surface area contributed by atoms with Gasteiger partial charge in [0.15, 0.2) is 0 Å². The van der Waals surface area contributed by atoms with E-state index >= 15 is 0 Å². The number of hydrogen-bond donors (Lipinski definition) is 0. The van der Waals surface area contributed by atoms with Crippen LogP contribution in [0.4, 0.5) is 0 Å². The number of hydrogen-bond acceptors (Lipinski definition) is 0. The van der Waals surface area contributed by atoms with Crippen molar-refractivity contribution < 1.29 is 17.0 Å². The third kappa shape index (κ3) is 4.86. The molecule has 0 heterocycles. The molecule has 0 amide bonds. The predicted octanol–water partition coefficient (Wildman–Crippen LogP) is 2.51. The Morgan fingerprint density at radius 1 is 0.741 bits per heavy atom. The van der Waals surface area contributed by atoms with Crippen LogP contribution in [0.25, 0.3) is 0 Å². The Morgan fingerprint density at radius 2 is 1.11 bits per heavy atom. The molecule has 0 aromatic heterocycles. The van der Waals surface area contributed by atoms with Gasteiger partial charge in [-0.15, -0.1) is 0 Å². The van der Waals surface area contributed by atoms with Crippen LogP contribution in [0.15, 0.2) is 115 Å². The monoisotopic (exact) mass is 436 g/mol. The number of allylic oxidation sites excluding steroid dienone is 3. The Balaban J connectivity index is 0.00000261. The molecule has 0 N–H and O–H groups in total. The summed E-state index contributed by atoms with van der Waals surface area (Å²) in [5.74, 6) is 0. The first kappa shape index (κ1) is 21.4. The van der Waals surface area contributed by atoms with E-state index in [1.807, 2.05) is 6.08 Å². The highest BCUT2D eigenvalue weighted by Gasteiger charge is 2.44. The number of benzene rings is 3. The summed E-state index contributed by atoms with van der Waals surface area (Å²) in [6, 6.07) is 33.1. The lowest BCUT2D eigenvalue weighted by atomic mass is 10.2. The molecule has 0 atom stereocenters. The van der Waals surface area contributed by atoms with E-state index in [1.54, 1.807) is 0 Å². The molecule has 3 rings (SSSR count). The van der Waals surface area contributed by atoms with Crippen LogP contribution in [-0.4, -0.2) is 6.16 Å². The minimum absolute atomic E-state index is 0. The fourth-order valence-corrected chi connectivity index (χ4v) is 7.68. The van der Waals surface area contributed by atoms with Gasteiger partial charge in [0.05, 0.1) is 6.16 Å². The quantitative estimate of drug-likeness (QED) is 0.394. The van der Waals surface area contributed by atoms with E-state index in [-0.39, 0.29) is 17.0 Å². The van der Waals surface area contributed by atoms with Gasteiger partial charge in [-0.05, 0) is 43.3 Å². The molecule has 0 bridgehead atoms. The molecular weight excluding hydrogens is 411 g/mol. The van der Waals surface area contributed by atoms with E-state index in [1.165, 1.54) is 21.5 Å². The van der Waals surface area contributed by atoms with Crippen LogP contribution in [-0.2, 0) is 0 Å². The summed E-state index contributed by atoms with van der Waals surface area (Å²) in [5, 5.41) is 4.34. The summed E-state index contributed by atoms with van der Waals surface area (Å²) < 4.78 is 0. The highest BCUT2D eigenvalue weighted by Crippen LogP contribution is 2.55. The van der Waals surface area contributed by atoms with Crippen molar-refractivity contribution in [3.63, 3.8) is 0 Å². The molecule has 0 unspecified atom stereocenters. The van der Waals surface area contributed by atoms with Gasteiger partial charge in [0, 0.05) is 6.42 Å². The van der Waals surface area contributed by atoms with Crippen molar-refractivity contribution in [2.75, 3.05) is 6.16 Å². The molecule has 3 aromatic carbocycles. The second-order valence-electron chi connectivity index (χ2n) is 6.48. The molecule has 2 heteroatoms. The zero-order chi connectivity index (χ0) is 18.2. The van der Waals surface area contributed by atoms with Crippen LogP contribution < -0.4 is 32.9 Å². The average molecular weight is 437 g/mol. The van der Waals surface area contributed by atoms with Crippen molar-refractivity contribution in [3.05, 3.63) is 115 Å². The van der Waals surface area contributed by atoms with E-state index < -0.39 is 7.26 Å². The largest absolute Gasteiger partial charge is 1.00 e. The van der Waals surface area contributed by atoms with Crippen molar-refractivity contribution in [2.24, 2.45) is 0 Å². The lowest BCUT2D eigenvalue weighted by Crippen LogP contribution is -3.00. The van der Waals surface area contributed by atoms with E-state index in [4.69, 9.17) is 0 Å². The van der Waals surface area contributed by atoms with Gasteiger partial charge >= 0.3 is 0 Å². The minimum atomic E-state index is -1.70. The molecule has 0 saturated carbocycles. The molecule has 3 aromatic rings. The minimum Gasteiger partial charge on any atom is -1.00 e. The highest BCUT2D eigenvalue weighted by atomic mass is 79.9. The topological polar surface area (TPSA) is 0 Å². The highest BCUT2D eigenvalue weighted by molar-refractivity contribution is 7.95. The summed E-state index contributed by atoms with van der Waals surface area (Å²) in [5.41, 5.74) is 1.25. The Morgan fingerprint density at radius 3 is 1.44 bits per heavy atom. The standard InChI is InChI=1S/C25H26P.BrH/c1-3-22(2)14-13-21-26(23-15-7-4-8-16-23,24-17-9-5-10-18-24)25-19-11-6-12-20-25;/h3-12,14-20H,1,13,21H2,2H3;1H/q+1;/p-1. The molecular formula is C25H26BrP. The Bertz CT molecular complexity index is 758. The molecule has 0 fully saturated rings. The van der Waals surface area contributed by atoms with E-state index in [9.17, 15) is 0 Å². The van der Waals surface area contributed by atoms with Crippen LogP contribution in [0, 0.1) is 0 Å². The van der Waals surface area contributed by atoms with Crippen molar-refractivity contribution in [3.8, 4) is 0 Å². The summed E-state index contributed by atoms with van der Waals surface area (Å²) in [6.07, 6.45) is 6.42. The third-order valence-electron chi connectivity index (χ3n) is 4.84. The van der Waals surface area contributed by atoms with E-state index in [0.717, 1.165) is 12.6 Å². The first-order valence-corrected chi connectivity index (χ1v) is 11.1. The Hall–Kier alpha value is -1.95. The van der Waals surface area contributed by atoms with E-state index in [2.05, 4.69) is 111 Å². The van der Waals surface area contributed by atoms with Crippen molar-refractivity contribution in [1.29, 1.82) is 0 Å². The maximum Gasteiger partial charge on any atom is 0.112 e. The van der Waals surface area contributed by atoms with Crippen LogP contribution in [0.3, 0.4) is 0 Å². The van der Waals surface area contributed by atoms with Gasteiger partial charge in [-0.2, -0.15) is 0 Å². The van der Waals surface area contributed by atoms with Crippen LogP contribution in [0.1, 0.15) is 13.3 Å². The molecule has 0 aliphatic carbocycles. The second-order valence-corrected chi connectivity index (χ2v) is 10.1. The number of rotatable bonds is 7. The first-order chi connectivity index (χ1) is 12.8. The smallest absolute Gasteiger partial charge is 0.112 e. The Kier molecular flexibility index (Phi) is 8.23. The third-order valence-corrected chi connectivity index (χ3v) is 9.31. The van der Waals surface area contributed by atoms with Gasteiger partial charge in [0.25, 0.3) is 0 Å². The van der Waals surface area contributed by atoms with Crippen molar-refractivity contribution >= 4 is 23.2 Å². The Labute approximate surface area is 174 Å². The molecule has 27 heavy (non-hydrogen) atoms. The second kappa shape index (κ2) is 10.4. The maximum absolute atomic E-state index is 3.89. The van der Waals surface area contributed by atoms with Gasteiger partial charge in [0.1, 0.15) is 23.2 Å².